The van der Waals surface area contributed by atoms with Crippen molar-refractivity contribution in [3.05, 3.63) is 42.7 Å². The van der Waals surface area contributed by atoms with Gasteiger partial charge >= 0.3 is 5.97 Å². The second kappa shape index (κ2) is 5.80. The van der Waals surface area contributed by atoms with Gasteiger partial charge in [0.1, 0.15) is 10.9 Å². The summed E-state index contributed by atoms with van der Waals surface area (Å²) in [5.41, 5.74) is 0.520. The van der Waals surface area contributed by atoms with E-state index in [2.05, 4.69) is 19.7 Å². The summed E-state index contributed by atoms with van der Waals surface area (Å²) in [6, 6.07) is 1.50. The lowest BCUT2D eigenvalue weighted by molar-refractivity contribution is -0.138. The van der Waals surface area contributed by atoms with Gasteiger partial charge in [-0.15, -0.1) is 0 Å². The summed E-state index contributed by atoms with van der Waals surface area (Å²) in [6.45, 7) is 0. The van der Waals surface area contributed by atoms with Gasteiger partial charge in [0.15, 0.2) is 0 Å². The quantitative estimate of drug-likeness (QED) is 0.676. The number of hydrogen-bond acceptors (Lipinski definition) is 5. The SMILES string of the molecule is O=C(O)C(Cc1cnc[nH]1)NS(=O)(=O)c1cccnc1. The topological polar surface area (TPSA) is 125 Å². The fraction of sp³-hybridized carbons (Fsp3) is 0.182. The second-order valence-corrected chi connectivity index (χ2v) is 5.70. The van der Waals surface area contributed by atoms with E-state index >= 15 is 0 Å². The standard InChI is InChI=1S/C11H12N4O4S/c16-11(17)10(4-8-5-13-7-14-8)15-20(18,19)9-2-1-3-12-6-9/h1-3,5-7,10,15H,4H2,(H,13,14)(H,16,17). The van der Waals surface area contributed by atoms with E-state index in [1.54, 1.807) is 0 Å². The average Bonchev–Trinajstić information content (AvgIpc) is 2.91. The molecule has 9 heteroatoms. The number of aromatic nitrogens is 3. The molecule has 2 rings (SSSR count). The zero-order valence-electron chi connectivity index (χ0n) is 10.2. The van der Waals surface area contributed by atoms with E-state index in [1.165, 1.54) is 30.9 Å². The lowest BCUT2D eigenvalue weighted by atomic mass is 10.2. The van der Waals surface area contributed by atoms with Crippen LogP contribution in [0.1, 0.15) is 5.69 Å². The maximum atomic E-state index is 12.0. The van der Waals surface area contributed by atoms with Crippen LogP contribution in [-0.2, 0) is 21.2 Å². The molecule has 0 amide bonds. The van der Waals surface area contributed by atoms with Gasteiger partial charge in [-0.3, -0.25) is 9.78 Å². The van der Waals surface area contributed by atoms with Crippen LogP contribution >= 0.6 is 0 Å². The van der Waals surface area contributed by atoms with E-state index in [4.69, 9.17) is 5.11 Å². The van der Waals surface area contributed by atoms with Crippen molar-refractivity contribution >= 4 is 16.0 Å². The van der Waals surface area contributed by atoms with Crippen LogP contribution in [0.25, 0.3) is 0 Å². The van der Waals surface area contributed by atoms with E-state index in [0.717, 1.165) is 6.20 Å². The van der Waals surface area contributed by atoms with Gasteiger partial charge in [-0.1, -0.05) is 0 Å². The Balaban J connectivity index is 2.18. The van der Waals surface area contributed by atoms with Gasteiger partial charge in [-0.25, -0.2) is 13.4 Å². The number of rotatable bonds is 6. The van der Waals surface area contributed by atoms with Crippen LogP contribution in [0.3, 0.4) is 0 Å². The molecule has 0 aliphatic carbocycles. The number of imidazole rings is 1. The van der Waals surface area contributed by atoms with Crippen LogP contribution < -0.4 is 4.72 Å². The van der Waals surface area contributed by atoms with Crippen molar-refractivity contribution in [2.45, 2.75) is 17.4 Å². The summed E-state index contributed by atoms with van der Waals surface area (Å²) in [4.78, 5) is 21.2. The predicted octanol–water partition coefficient (Wildman–Crippen LogP) is -0.221. The Hall–Kier alpha value is -2.26. The molecule has 1 unspecified atom stereocenters. The molecule has 0 saturated heterocycles. The molecular weight excluding hydrogens is 284 g/mol. The number of aromatic amines is 1. The lowest BCUT2D eigenvalue weighted by Gasteiger charge is -2.13. The fourth-order valence-electron chi connectivity index (χ4n) is 1.56. The Morgan fingerprint density at radius 3 is 2.75 bits per heavy atom. The van der Waals surface area contributed by atoms with Gasteiger partial charge in [-0.2, -0.15) is 4.72 Å². The van der Waals surface area contributed by atoms with Crippen molar-refractivity contribution in [1.82, 2.24) is 19.7 Å². The van der Waals surface area contributed by atoms with E-state index in [1.807, 2.05) is 0 Å². The maximum absolute atomic E-state index is 12.0. The highest BCUT2D eigenvalue weighted by molar-refractivity contribution is 7.89. The molecular formula is C11H12N4O4S. The highest BCUT2D eigenvalue weighted by Gasteiger charge is 2.26. The number of H-pyrrole nitrogens is 1. The zero-order chi connectivity index (χ0) is 14.6. The van der Waals surface area contributed by atoms with Crippen LogP contribution in [0.2, 0.25) is 0 Å². The third-order valence-electron chi connectivity index (χ3n) is 2.52. The molecule has 0 aliphatic heterocycles. The molecule has 0 bridgehead atoms. The normalized spacial score (nSPS) is 13.0. The molecule has 0 radical (unpaired) electrons. The number of carboxylic acids is 1. The molecule has 8 nitrogen and oxygen atoms in total. The Morgan fingerprint density at radius 1 is 1.40 bits per heavy atom. The molecule has 2 aromatic rings. The number of nitrogens with zero attached hydrogens (tertiary/aromatic N) is 2. The maximum Gasteiger partial charge on any atom is 0.322 e. The van der Waals surface area contributed by atoms with Crippen LogP contribution in [-0.4, -0.2) is 40.5 Å². The van der Waals surface area contributed by atoms with E-state index in [9.17, 15) is 13.2 Å². The molecule has 3 N–H and O–H groups in total. The molecule has 2 heterocycles. The van der Waals surface area contributed by atoms with E-state index in [0.29, 0.717) is 5.69 Å². The van der Waals surface area contributed by atoms with Gasteiger partial charge in [0.05, 0.1) is 6.33 Å². The zero-order valence-corrected chi connectivity index (χ0v) is 11.0. The molecule has 0 aromatic carbocycles. The minimum Gasteiger partial charge on any atom is -0.480 e. The number of sulfonamides is 1. The summed E-state index contributed by atoms with van der Waals surface area (Å²) >= 11 is 0. The van der Waals surface area contributed by atoms with Gasteiger partial charge < -0.3 is 10.1 Å². The number of pyridine rings is 1. The van der Waals surface area contributed by atoms with E-state index < -0.39 is 22.0 Å². The molecule has 0 spiro atoms. The van der Waals surface area contributed by atoms with Crippen LogP contribution in [0.5, 0.6) is 0 Å². The molecule has 2 aromatic heterocycles. The van der Waals surface area contributed by atoms with Gasteiger partial charge in [-0.05, 0) is 12.1 Å². The number of aliphatic carboxylic acids is 1. The first kappa shape index (κ1) is 14.2. The molecule has 0 aliphatic rings. The molecule has 0 saturated carbocycles. The summed E-state index contributed by atoms with van der Waals surface area (Å²) in [5.74, 6) is -1.27. The van der Waals surface area contributed by atoms with Crippen molar-refractivity contribution in [3.63, 3.8) is 0 Å². The Bertz CT molecular complexity index is 670. The minimum absolute atomic E-state index is 0.0329. The first-order chi connectivity index (χ1) is 9.49. The molecule has 0 fully saturated rings. The Labute approximate surface area is 114 Å². The molecule has 20 heavy (non-hydrogen) atoms. The second-order valence-electron chi connectivity index (χ2n) is 3.98. The number of carboxylic acid groups (broad SMARTS) is 1. The Kier molecular flexibility index (Phi) is 4.11. The lowest BCUT2D eigenvalue weighted by Crippen LogP contribution is -2.42. The smallest absolute Gasteiger partial charge is 0.322 e. The monoisotopic (exact) mass is 296 g/mol. The van der Waals surface area contributed by atoms with Crippen LogP contribution in [0.15, 0.2) is 41.9 Å². The predicted molar refractivity (Wildman–Crippen MR) is 68.3 cm³/mol. The van der Waals surface area contributed by atoms with Crippen molar-refractivity contribution < 1.29 is 18.3 Å². The van der Waals surface area contributed by atoms with Gasteiger partial charge in [0.2, 0.25) is 10.0 Å². The third-order valence-corrected chi connectivity index (χ3v) is 3.98. The number of hydrogen-bond donors (Lipinski definition) is 3. The Morgan fingerprint density at radius 2 is 2.20 bits per heavy atom. The number of carbonyl (C=O) groups is 1. The average molecular weight is 296 g/mol. The van der Waals surface area contributed by atoms with E-state index in [-0.39, 0.29) is 11.3 Å². The first-order valence-electron chi connectivity index (χ1n) is 5.61. The summed E-state index contributed by atoms with van der Waals surface area (Å²) < 4.78 is 26.2. The minimum atomic E-state index is -3.94. The summed E-state index contributed by atoms with van der Waals surface area (Å²) in [5, 5.41) is 9.11. The molecule has 1 atom stereocenters. The highest BCUT2D eigenvalue weighted by Crippen LogP contribution is 2.08. The number of nitrogens with one attached hydrogen (secondary N) is 2. The molecule has 106 valence electrons. The van der Waals surface area contributed by atoms with Gasteiger partial charge in [0.25, 0.3) is 0 Å². The largest absolute Gasteiger partial charge is 0.480 e. The summed E-state index contributed by atoms with van der Waals surface area (Å²) in [7, 11) is -3.94. The third kappa shape index (κ3) is 3.39. The van der Waals surface area contributed by atoms with Crippen molar-refractivity contribution in [3.8, 4) is 0 Å². The van der Waals surface area contributed by atoms with Crippen molar-refractivity contribution in [1.29, 1.82) is 0 Å². The summed E-state index contributed by atoms with van der Waals surface area (Å²) in [6.07, 6.45) is 5.38. The van der Waals surface area contributed by atoms with Crippen molar-refractivity contribution in [2.24, 2.45) is 0 Å². The first-order valence-corrected chi connectivity index (χ1v) is 7.10. The van der Waals surface area contributed by atoms with Crippen LogP contribution in [0, 0.1) is 0 Å². The van der Waals surface area contributed by atoms with Crippen molar-refractivity contribution in [2.75, 3.05) is 0 Å². The van der Waals surface area contributed by atoms with Gasteiger partial charge in [0, 0.05) is 30.7 Å². The fourth-order valence-corrected chi connectivity index (χ4v) is 2.71. The van der Waals surface area contributed by atoms with Crippen LogP contribution in [0.4, 0.5) is 0 Å². The highest BCUT2D eigenvalue weighted by atomic mass is 32.2.